The minimum absolute atomic E-state index is 0.234. The molecule has 29 heavy (non-hydrogen) atoms. The highest BCUT2D eigenvalue weighted by Gasteiger charge is 2.28. The highest BCUT2D eigenvalue weighted by molar-refractivity contribution is 5.74. The molecule has 0 aromatic heterocycles. The standard InChI is InChI=1S/C23H48N2O4/c1-3-4-5-6-7-8-9-10-11-12-13-14-18-29-21(16-15-17-24)22(23(27)28)25-19-20(2)26/h20-22,25-26H,3-19,24H2,1-2H3,(H,27,28)/t20?,21?,22-/m0/s1. The number of aliphatic carboxylic acids is 1. The van der Waals surface area contributed by atoms with Gasteiger partial charge in [0.25, 0.3) is 0 Å². The highest BCUT2D eigenvalue weighted by Crippen LogP contribution is 2.13. The summed E-state index contributed by atoms with van der Waals surface area (Å²) in [5.41, 5.74) is 5.59. The number of carboxylic acid groups (broad SMARTS) is 1. The molecule has 0 aliphatic carbocycles. The Hall–Kier alpha value is -0.690. The van der Waals surface area contributed by atoms with Gasteiger partial charge >= 0.3 is 5.97 Å². The van der Waals surface area contributed by atoms with E-state index < -0.39 is 24.2 Å². The van der Waals surface area contributed by atoms with Crippen LogP contribution in [-0.2, 0) is 9.53 Å². The third-order valence-electron chi connectivity index (χ3n) is 5.29. The van der Waals surface area contributed by atoms with Crippen LogP contribution in [0.3, 0.4) is 0 Å². The number of carboxylic acids is 1. The van der Waals surface area contributed by atoms with E-state index in [4.69, 9.17) is 10.5 Å². The van der Waals surface area contributed by atoms with Crippen LogP contribution < -0.4 is 11.1 Å². The predicted octanol–water partition coefficient (Wildman–Crippen LogP) is 4.24. The van der Waals surface area contributed by atoms with Crippen molar-refractivity contribution in [3.8, 4) is 0 Å². The number of aliphatic hydroxyl groups excluding tert-OH is 1. The molecule has 0 bridgehead atoms. The fourth-order valence-electron chi connectivity index (χ4n) is 3.52. The maximum Gasteiger partial charge on any atom is 0.323 e. The molecule has 2 unspecified atom stereocenters. The van der Waals surface area contributed by atoms with Crippen LogP contribution in [0.15, 0.2) is 0 Å². The molecular weight excluding hydrogens is 368 g/mol. The molecule has 0 aliphatic heterocycles. The first-order valence-corrected chi connectivity index (χ1v) is 12.0. The van der Waals surface area contributed by atoms with Crippen molar-refractivity contribution in [3.05, 3.63) is 0 Å². The molecule has 174 valence electrons. The number of nitrogens with one attached hydrogen (secondary N) is 1. The zero-order valence-corrected chi connectivity index (χ0v) is 19.0. The molecule has 3 atom stereocenters. The largest absolute Gasteiger partial charge is 0.480 e. The fraction of sp³-hybridized carbons (Fsp3) is 0.957. The van der Waals surface area contributed by atoms with E-state index in [1.807, 2.05) is 0 Å². The minimum atomic E-state index is -0.942. The van der Waals surface area contributed by atoms with Gasteiger partial charge < -0.3 is 20.7 Å². The Morgan fingerprint density at radius 1 is 0.931 bits per heavy atom. The van der Waals surface area contributed by atoms with Crippen LogP contribution in [-0.4, -0.2) is 54.1 Å². The fourth-order valence-corrected chi connectivity index (χ4v) is 3.52. The van der Waals surface area contributed by atoms with Crippen LogP contribution in [0.2, 0.25) is 0 Å². The molecule has 0 radical (unpaired) electrons. The van der Waals surface area contributed by atoms with Crippen molar-refractivity contribution in [2.45, 2.75) is 122 Å². The summed E-state index contributed by atoms with van der Waals surface area (Å²) in [6, 6.07) is -0.812. The Morgan fingerprint density at radius 3 is 1.90 bits per heavy atom. The van der Waals surface area contributed by atoms with Crippen LogP contribution in [0.25, 0.3) is 0 Å². The number of ether oxygens (including phenoxy) is 1. The van der Waals surface area contributed by atoms with E-state index in [0.29, 0.717) is 19.6 Å². The van der Waals surface area contributed by atoms with E-state index in [0.717, 1.165) is 19.3 Å². The van der Waals surface area contributed by atoms with Gasteiger partial charge in [-0.2, -0.15) is 0 Å². The average Bonchev–Trinajstić information content (AvgIpc) is 2.68. The predicted molar refractivity (Wildman–Crippen MR) is 120 cm³/mol. The molecule has 0 heterocycles. The number of hydrogen-bond donors (Lipinski definition) is 4. The Morgan fingerprint density at radius 2 is 1.45 bits per heavy atom. The molecule has 0 saturated heterocycles. The number of hydrogen-bond acceptors (Lipinski definition) is 5. The normalized spacial score (nSPS) is 14.6. The first-order chi connectivity index (χ1) is 14.0. The van der Waals surface area contributed by atoms with Gasteiger partial charge in [-0.1, -0.05) is 77.6 Å². The second kappa shape index (κ2) is 20.6. The second-order valence-electron chi connectivity index (χ2n) is 8.30. The monoisotopic (exact) mass is 416 g/mol. The quantitative estimate of drug-likeness (QED) is 0.197. The van der Waals surface area contributed by atoms with E-state index >= 15 is 0 Å². The van der Waals surface area contributed by atoms with E-state index in [2.05, 4.69) is 12.2 Å². The zero-order chi connectivity index (χ0) is 21.7. The van der Waals surface area contributed by atoms with Crippen LogP contribution >= 0.6 is 0 Å². The maximum absolute atomic E-state index is 11.6. The molecule has 0 fully saturated rings. The zero-order valence-electron chi connectivity index (χ0n) is 19.0. The van der Waals surface area contributed by atoms with Gasteiger partial charge in [-0.3, -0.25) is 10.1 Å². The van der Waals surface area contributed by atoms with Crippen molar-refractivity contribution in [1.82, 2.24) is 5.32 Å². The van der Waals surface area contributed by atoms with Crippen molar-refractivity contribution in [2.24, 2.45) is 5.73 Å². The average molecular weight is 417 g/mol. The highest BCUT2D eigenvalue weighted by atomic mass is 16.5. The Kier molecular flexibility index (Phi) is 20.1. The van der Waals surface area contributed by atoms with Crippen LogP contribution in [0.5, 0.6) is 0 Å². The van der Waals surface area contributed by atoms with Gasteiger partial charge in [0.05, 0.1) is 12.2 Å². The number of unbranched alkanes of at least 4 members (excludes halogenated alkanes) is 11. The lowest BCUT2D eigenvalue weighted by Crippen LogP contribution is -2.49. The molecule has 0 aromatic carbocycles. The summed E-state index contributed by atoms with van der Waals surface area (Å²) < 4.78 is 5.91. The summed E-state index contributed by atoms with van der Waals surface area (Å²) >= 11 is 0. The third kappa shape index (κ3) is 17.8. The van der Waals surface area contributed by atoms with Gasteiger partial charge in [-0.15, -0.1) is 0 Å². The van der Waals surface area contributed by atoms with E-state index in [1.54, 1.807) is 6.92 Å². The molecule has 6 heteroatoms. The molecule has 5 N–H and O–H groups in total. The van der Waals surface area contributed by atoms with E-state index in [-0.39, 0.29) is 6.54 Å². The Balaban J connectivity index is 3.88. The van der Waals surface area contributed by atoms with Crippen molar-refractivity contribution in [1.29, 1.82) is 0 Å². The summed E-state index contributed by atoms with van der Waals surface area (Å²) in [6.07, 6.45) is 15.8. The second-order valence-corrected chi connectivity index (χ2v) is 8.30. The molecule has 0 saturated carbocycles. The van der Waals surface area contributed by atoms with Gasteiger partial charge in [0, 0.05) is 13.2 Å². The summed E-state index contributed by atoms with van der Waals surface area (Å²) in [6.45, 7) is 5.21. The first-order valence-electron chi connectivity index (χ1n) is 12.0. The van der Waals surface area contributed by atoms with E-state index in [9.17, 15) is 15.0 Å². The van der Waals surface area contributed by atoms with Gasteiger partial charge in [0.2, 0.25) is 0 Å². The molecule has 0 aromatic rings. The summed E-state index contributed by atoms with van der Waals surface area (Å²) in [7, 11) is 0. The molecule has 0 rings (SSSR count). The number of rotatable bonds is 22. The Labute approximate surface area is 179 Å². The van der Waals surface area contributed by atoms with Gasteiger partial charge in [-0.25, -0.2) is 0 Å². The number of aliphatic hydroxyl groups is 1. The number of nitrogens with two attached hydrogens (primary N) is 1. The summed E-state index contributed by atoms with van der Waals surface area (Å²) in [4.78, 5) is 11.6. The first kappa shape index (κ1) is 28.3. The third-order valence-corrected chi connectivity index (χ3v) is 5.29. The lowest BCUT2D eigenvalue weighted by molar-refractivity contribution is -0.144. The summed E-state index contributed by atoms with van der Waals surface area (Å²) in [5.74, 6) is -0.942. The lowest BCUT2D eigenvalue weighted by Gasteiger charge is -2.26. The Bertz CT molecular complexity index is 367. The number of carbonyl (C=O) groups is 1. The van der Waals surface area contributed by atoms with Gasteiger partial charge in [0.1, 0.15) is 6.04 Å². The lowest BCUT2D eigenvalue weighted by atomic mass is 10.0. The van der Waals surface area contributed by atoms with Gasteiger partial charge in [0.15, 0.2) is 0 Å². The van der Waals surface area contributed by atoms with Crippen LogP contribution in [0.1, 0.15) is 104 Å². The molecule has 6 nitrogen and oxygen atoms in total. The molecule has 0 spiro atoms. The smallest absolute Gasteiger partial charge is 0.323 e. The minimum Gasteiger partial charge on any atom is -0.480 e. The summed E-state index contributed by atoms with van der Waals surface area (Å²) in [5, 5.41) is 21.8. The van der Waals surface area contributed by atoms with Crippen LogP contribution in [0, 0.1) is 0 Å². The topological polar surface area (TPSA) is 105 Å². The molecular formula is C23H48N2O4. The van der Waals surface area contributed by atoms with Crippen molar-refractivity contribution < 1.29 is 19.7 Å². The van der Waals surface area contributed by atoms with Crippen molar-refractivity contribution in [3.63, 3.8) is 0 Å². The van der Waals surface area contributed by atoms with E-state index in [1.165, 1.54) is 64.2 Å². The molecule has 0 amide bonds. The maximum atomic E-state index is 11.6. The van der Waals surface area contributed by atoms with Crippen molar-refractivity contribution >= 4 is 5.97 Å². The SMILES string of the molecule is CCCCCCCCCCCCCCOC(CCCN)[C@H](NCC(C)O)C(=O)O. The molecule has 0 aliphatic rings. The van der Waals surface area contributed by atoms with Crippen molar-refractivity contribution in [2.75, 3.05) is 19.7 Å². The van der Waals surface area contributed by atoms with Gasteiger partial charge in [-0.05, 0) is 32.7 Å². The van der Waals surface area contributed by atoms with Crippen LogP contribution in [0.4, 0.5) is 0 Å².